The summed E-state index contributed by atoms with van der Waals surface area (Å²) in [6.45, 7) is 8.12. The van der Waals surface area contributed by atoms with Crippen LogP contribution in [0.15, 0.2) is 33.6 Å². The maximum atomic E-state index is 12.3. The standard InChI is InChI=1S/C14H20BrNO4S/c1-13(2,3)20-12(17)14(4,5)16-21(18,19)11-8-6-10(15)7-9-11/h6-9,16H,1-5H3. The third kappa shape index (κ3) is 5.41. The van der Waals surface area contributed by atoms with Gasteiger partial charge >= 0.3 is 5.97 Å². The Labute approximate surface area is 134 Å². The quantitative estimate of drug-likeness (QED) is 0.818. The molecule has 0 aromatic heterocycles. The van der Waals surface area contributed by atoms with Gasteiger partial charge in [0.1, 0.15) is 11.1 Å². The fourth-order valence-corrected chi connectivity index (χ4v) is 3.09. The molecule has 118 valence electrons. The number of hydrogen-bond donors (Lipinski definition) is 1. The fourth-order valence-electron chi connectivity index (χ4n) is 1.46. The van der Waals surface area contributed by atoms with Gasteiger partial charge in [-0.05, 0) is 58.9 Å². The first-order chi connectivity index (χ1) is 9.33. The Kier molecular flexibility index (Phi) is 5.23. The maximum absolute atomic E-state index is 12.3. The van der Waals surface area contributed by atoms with Crippen LogP contribution in [0.5, 0.6) is 0 Å². The number of hydrogen-bond acceptors (Lipinski definition) is 4. The average molecular weight is 378 g/mol. The van der Waals surface area contributed by atoms with Crippen molar-refractivity contribution in [2.75, 3.05) is 0 Å². The lowest BCUT2D eigenvalue weighted by Crippen LogP contribution is -2.52. The van der Waals surface area contributed by atoms with Crippen molar-refractivity contribution in [3.63, 3.8) is 0 Å². The van der Waals surface area contributed by atoms with E-state index in [0.29, 0.717) is 0 Å². The minimum atomic E-state index is -3.81. The van der Waals surface area contributed by atoms with E-state index in [4.69, 9.17) is 4.74 Å². The summed E-state index contributed by atoms with van der Waals surface area (Å²) < 4.78 is 33.0. The highest BCUT2D eigenvalue weighted by Crippen LogP contribution is 2.19. The van der Waals surface area contributed by atoms with Crippen LogP contribution in [-0.4, -0.2) is 25.5 Å². The molecule has 1 aromatic rings. The number of carbonyl (C=O) groups is 1. The van der Waals surface area contributed by atoms with E-state index in [-0.39, 0.29) is 4.90 Å². The van der Waals surface area contributed by atoms with Gasteiger partial charge in [0.15, 0.2) is 0 Å². The third-order valence-electron chi connectivity index (χ3n) is 2.42. The first kappa shape index (κ1) is 18.1. The molecular weight excluding hydrogens is 358 g/mol. The van der Waals surface area contributed by atoms with Crippen molar-refractivity contribution < 1.29 is 17.9 Å². The van der Waals surface area contributed by atoms with E-state index in [1.165, 1.54) is 26.0 Å². The summed E-state index contributed by atoms with van der Waals surface area (Å²) in [4.78, 5) is 12.2. The van der Waals surface area contributed by atoms with E-state index in [1.807, 2.05) is 0 Å². The van der Waals surface area contributed by atoms with Gasteiger partial charge in [0, 0.05) is 4.47 Å². The van der Waals surface area contributed by atoms with Crippen LogP contribution in [-0.2, 0) is 19.6 Å². The lowest BCUT2D eigenvalue weighted by molar-refractivity contribution is -0.160. The lowest BCUT2D eigenvalue weighted by atomic mass is 10.1. The Balaban J connectivity index is 2.96. The van der Waals surface area contributed by atoms with Gasteiger partial charge in [-0.3, -0.25) is 4.79 Å². The van der Waals surface area contributed by atoms with Crippen LogP contribution in [0.25, 0.3) is 0 Å². The zero-order valence-corrected chi connectivity index (χ0v) is 15.1. The summed E-state index contributed by atoms with van der Waals surface area (Å²) in [6.07, 6.45) is 0. The van der Waals surface area contributed by atoms with E-state index in [9.17, 15) is 13.2 Å². The van der Waals surface area contributed by atoms with Crippen molar-refractivity contribution in [3.8, 4) is 0 Å². The largest absolute Gasteiger partial charge is 0.459 e. The summed E-state index contributed by atoms with van der Waals surface area (Å²) in [5, 5.41) is 0. The smallest absolute Gasteiger partial charge is 0.327 e. The predicted octanol–water partition coefficient (Wildman–Crippen LogP) is 2.85. The number of nitrogens with one attached hydrogen (secondary N) is 1. The SMILES string of the molecule is CC(C)(C)OC(=O)C(C)(C)NS(=O)(=O)c1ccc(Br)cc1. The molecule has 0 atom stereocenters. The summed E-state index contributed by atoms with van der Waals surface area (Å²) in [5.74, 6) is -0.629. The van der Waals surface area contributed by atoms with E-state index < -0.39 is 27.1 Å². The number of ether oxygens (including phenoxy) is 1. The Morgan fingerprint density at radius 2 is 1.57 bits per heavy atom. The van der Waals surface area contributed by atoms with Crippen LogP contribution >= 0.6 is 15.9 Å². The molecular formula is C14H20BrNO4S. The molecule has 0 radical (unpaired) electrons. The Morgan fingerprint density at radius 3 is 2.00 bits per heavy atom. The number of halogens is 1. The fraction of sp³-hybridized carbons (Fsp3) is 0.500. The van der Waals surface area contributed by atoms with Crippen LogP contribution in [0.4, 0.5) is 0 Å². The van der Waals surface area contributed by atoms with Crippen molar-refractivity contribution in [1.82, 2.24) is 4.72 Å². The molecule has 0 bridgehead atoms. The molecule has 0 aliphatic rings. The second kappa shape index (κ2) is 6.06. The molecule has 0 amide bonds. The highest BCUT2D eigenvalue weighted by molar-refractivity contribution is 9.10. The van der Waals surface area contributed by atoms with Crippen LogP contribution in [0.1, 0.15) is 34.6 Å². The molecule has 7 heteroatoms. The predicted molar refractivity (Wildman–Crippen MR) is 84.4 cm³/mol. The topological polar surface area (TPSA) is 72.5 Å². The summed E-state index contributed by atoms with van der Waals surface area (Å²) in [6, 6.07) is 6.15. The summed E-state index contributed by atoms with van der Waals surface area (Å²) in [7, 11) is -3.81. The molecule has 0 unspecified atom stereocenters. The molecule has 1 N–H and O–H groups in total. The minimum absolute atomic E-state index is 0.0855. The molecule has 0 aliphatic carbocycles. The van der Waals surface area contributed by atoms with Gasteiger partial charge < -0.3 is 4.74 Å². The first-order valence-electron chi connectivity index (χ1n) is 6.36. The Morgan fingerprint density at radius 1 is 1.10 bits per heavy atom. The summed E-state index contributed by atoms with van der Waals surface area (Å²) >= 11 is 3.24. The van der Waals surface area contributed by atoms with Crippen molar-refractivity contribution >= 4 is 31.9 Å². The lowest BCUT2D eigenvalue weighted by Gasteiger charge is -2.29. The monoisotopic (exact) mass is 377 g/mol. The molecule has 0 aliphatic heterocycles. The van der Waals surface area contributed by atoms with E-state index in [1.54, 1.807) is 32.9 Å². The maximum Gasteiger partial charge on any atom is 0.327 e. The Bertz CT molecular complexity index is 615. The van der Waals surface area contributed by atoms with Gasteiger partial charge in [-0.15, -0.1) is 0 Å². The van der Waals surface area contributed by atoms with Crippen molar-refractivity contribution in [3.05, 3.63) is 28.7 Å². The number of carbonyl (C=O) groups excluding carboxylic acids is 1. The van der Waals surface area contributed by atoms with Gasteiger partial charge in [0.25, 0.3) is 0 Å². The van der Waals surface area contributed by atoms with Crippen molar-refractivity contribution in [2.24, 2.45) is 0 Å². The summed E-state index contributed by atoms with van der Waals surface area (Å²) in [5.41, 5.74) is -2.05. The van der Waals surface area contributed by atoms with E-state index in [0.717, 1.165) is 4.47 Å². The van der Waals surface area contributed by atoms with Crippen molar-refractivity contribution in [1.29, 1.82) is 0 Å². The highest BCUT2D eigenvalue weighted by atomic mass is 79.9. The third-order valence-corrected chi connectivity index (χ3v) is 4.62. The normalized spacial score (nSPS) is 13.0. The van der Waals surface area contributed by atoms with Gasteiger partial charge in [0.2, 0.25) is 10.0 Å². The van der Waals surface area contributed by atoms with Gasteiger partial charge in [-0.25, -0.2) is 8.42 Å². The van der Waals surface area contributed by atoms with Crippen molar-refractivity contribution in [2.45, 2.75) is 50.7 Å². The molecule has 0 saturated carbocycles. The van der Waals surface area contributed by atoms with Crippen LogP contribution in [0, 0.1) is 0 Å². The number of sulfonamides is 1. The van der Waals surface area contributed by atoms with Crippen LogP contribution in [0.3, 0.4) is 0 Å². The molecule has 0 spiro atoms. The Hall–Kier alpha value is -0.920. The van der Waals surface area contributed by atoms with Crippen LogP contribution in [0.2, 0.25) is 0 Å². The molecule has 0 saturated heterocycles. The minimum Gasteiger partial charge on any atom is -0.459 e. The second-order valence-electron chi connectivity index (χ2n) is 6.19. The number of benzene rings is 1. The molecule has 5 nitrogen and oxygen atoms in total. The zero-order valence-electron chi connectivity index (χ0n) is 12.7. The zero-order chi connectivity index (χ0) is 16.5. The van der Waals surface area contributed by atoms with E-state index in [2.05, 4.69) is 20.7 Å². The molecule has 1 rings (SSSR count). The van der Waals surface area contributed by atoms with Gasteiger partial charge in [-0.1, -0.05) is 15.9 Å². The van der Waals surface area contributed by atoms with Crippen LogP contribution < -0.4 is 4.72 Å². The van der Waals surface area contributed by atoms with Gasteiger partial charge in [-0.2, -0.15) is 4.72 Å². The van der Waals surface area contributed by atoms with E-state index >= 15 is 0 Å². The molecule has 21 heavy (non-hydrogen) atoms. The molecule has 0 heterocycles. The van der Waals surface area contributed by atoms with Gasteiger partial charge in [0.05, 0.1) is 4.90 Å². The average Bonchev–Trinajstić information content (AvgIpc) is 2.25. The second-order valence-corrected chi connectivity index (χ2v) is 8.78. The first-order valence-corrected chi connectivity index (χ1v) is 8.64. The molecule has 0 fully saturated rings. The number of esters is 1. The highest BCUT2D eigenvalue weighted by Gasteiger charge is 2.36. The number of rotatable bonds is 4. The molecule has 1 aromatic carbocycles.